The van der Waals surface area contributed by atoms with Crippen molar-refractivity contribution in [2.45, 2.75) is 101 Å². The second-order valence-electron chi connectivity index (χ2n) is 16.0. The predicted molar refractivity (Wildman–Crippen MR) is 238 cm³/mol. The molecule has 2 heterocycles. The predicted octanol–water partition coefficient (Wildman–Crippen LogP) is -0.191. The van der Waals surface area contributed by atoms with Gasteiger partial charge < -0.3 is 63.2 Å². The number of benzene rings is 4. The molecule has 0 spiro atoms. The van der Waals surface area contributed by atoms with Gasteiger partial charge in [-0.1, -0.05) is 109 Å². The van der Waals surface area contributed by atoms with Gasteiger partial charge in [0, 0.05) is 37.3 Å². The van der Waals surface area contributed by atoms with Crippen molar-refractivity contribution in [3.8, 4) is 0 Å². The van der Waals surface area contributed by atoms with E-state index in [1.165, 1.54) is 0 Å². The number of carbonyl (C=O) groups excluding carboxylic acids is 6. The molecule has 0 unspecified atom stereocenters. The highest BCUT2D eigenvalue weighted by Crippen LogP contribution is 2.22. The second kappa shape index (κ2) is 27.9. The van der Waals surface area contributed by atoms with E-state index in [2.05, 4.69) is 22.1 Å². The molecular weight excluding hydrogens is 931 g/mol. The summed E-state index contributed by atoms with van der Waals surface area (Å²) >= 11 is 0. The molecule has 0 saturated carbocycles. The minimum Gasteiger partial charge on any atom is -0.542 e. The number of carboxylic acids is 2. The molecule has 16 nitrogen and oxygen atoms in total. The van der Waals surface area contributed by atoms with Gasteiger partial charge in [-0.3, -0.25) is 19.2 Å². The molecule has 2 aliphatic rings. The molecule has 2 fully saturated rings. The lowest BCUT2D eigenvalue weighted by Gasteiger charge is -2.27. The zero-order valence-electron chi connectivity index (χ0n) is 38.2. The lowest BCUT2D eigenvalue weighted by atomic mass is 10.0. The normalized spacial score (nSPS) is 16.1. The van der Waals surface area contributed by atoms with Crippen LogP contribution in [0.25, 0.3) is 0 Å². The fraction of sp³-hybridized carbons (Fsp3) is 0.375. The number of halogens is 6. The number of nitrogens with zero attached hydrogens (tertiary/aromatic N) is 2. The van der Waals surface area contributed by atoms with Crippen molar-refractivity contribution in [1.82, 2.24) is 20.4 Å². The number of carboxylic acid groups (broad SMARTS) is 2. The van der Waals surface area contributed by atoms with Gasteiger partial charge in [0.2, 0.25) is 23.6 Å². The van der Waals surface area contributed by atoms with Crippen LogP contribution in [0.2, 0.25) is 0 Å². The summed E-state index contributed by atoms with van der Waals surface area (Å²) in [5.74, 6) is -6.55. The fourth-order valence-corrected chi connectivity index (χ4v) is 7.49. The molecule has 4 aromatic rings. The first-order valence-corrected chi connectivity index (χ1v) is 22.1. The number of alkyl halides is 6. The third-order valence-electron chi connectivity index (χ3n) is 11.1. The lowest BCUT2D eigenvalue weighted by molar-refractivity contribution is -0.387. The van der Waals surface area contributed by atoms with E-state index >= 15 is 0 Å². The minimum atomic E-state index is -5.19. The highest BCUT2D eigenvalue weighted by atomic mass is 19.4. The van der Waals surface area contributed by atoms with E-state index in [9.17, 15) is 45.5 Å². The van der Waals surface area contributed by atoms with Crippen LogP contribution >= 0.6 is 0 Å². The molecule has 380 valence electrons. The molecule has 2 saturated heterocycles. The summed E-state index contributed by atoms with van der Waals surface area (Å²) in [5.41, 5.74) is 26.6. The number of amides is 4. The quantitative estimate of drug-likeness (QED) is 0.0906. The average molecular weight is 989 g/mol. The van der Waals surface area contributed by atoms with E-state index in [0.717, 1.165) is 46.2 Å². The summed E-state index contributed by atoms with van der Waals surface area (Å²) in [6.07, 6.45) is -6.46. The van der Waals surface area contributed by atoms with Gasteiger partial charge in [0.1, 0.15) is 37.1 Å². The van der Waals surface area contributed by atoms with Crippen molar-refractivity contribution in [2.24, 2.45) is 11.5 Å². The van der Waals surface area contributed by atoms with Crippen molar-refractivity contribution in [3.63, 3.8) is 0 Å². The molecule has 4 amide bonds. The van der Waals surface area contributed by atoms with Crippen LogP contribution < -0.4 is 43.8 Å². The smallest absolute Gasteiger partial charge is 0.430 e. The molecular formula is C48H58F6N8O8. The zero-order chi connectivity index (χ0) is 52.0. The van der Waals surface area contributed by atoms with Crippen LogP contribution in [0.3, 0.4) is 0 Å². The Bertz CT molecular complexity index is 2160. The third-order valence-corrected chi connectivity index (χ3v) is 11.1. The van der Waals surface area contributed by atoms with E-state index in [-0.39, 0.29) is 23.6 Å². The fourth-order valence-electron chi connectivity index (χ4n) is 7.49. The number of aliphatic carboxylic acids is 2. The molecule has 70 heavy (non-hydrogen) atoms. The van der Waals surface area contributed by atoms with Crippen molar-refractivity contribution in [3.05, 3.63) is 143 Å². The first-order chi connectivity index (χ1) is 33.1. The number of carbonyl (C=O) groups is 6. The van der Waals surface area contributed by atoms with E-state index in [1.54, 1.807) is 9.80 Å². The van der Waals surface area contributed by atoms with Crippen molar-refractivity contribution in [1.29, 1.82) is 0 Å². The van der Waals surface area contributed by atoms with Gasteiger partial charge in [-0.2, -0.15) is 26.3 Å². The van der Waals surface area contributed by atoms with E-state index < -0.39 is 48.5 Å². The zero-order valence-corrected chi connectivity index (χ0v) is 38.2. The van der Waals surface area contributed by atoms with E-state index in [4.69, 9.17) is 31.3 Å². The molecule has 6 rings (SSSR count). The summed E-state index contributed by atoms with van der Waals surface area (Å²) in [4.78, 5) is 72.1. The summed E-state index contributed by atoms with van der Waals surface area (Å²) in [5, 5.41) is 23.5. The number of hydrogen-bond donors (Lipinski definition) is 6. The van der Waals surface area contributed by atoms with Crippen molar-refractivity contribution >= 4 is 35.6 Å². The van der Waals surface area contributed by atoms with Gasteiger partial charge >= 0.3 is 12.4 Å². The second-order valence-corrected chi connectivity index (χ2v) is 16.0. The molecule has 0 aromatic heterocycles. The van der Waals surface area contributed by atoms with Gasteiger partial charge in [0.25, 0.3) is 0 Å². The number of quaternary nitrogens is 2. The van der Waals surface area contributed by atoms with E-state index in [0.29, 0.717) is 65.0 Å². The monoisotopic (exact) mass is 988 g/mol. The number of nitrogens with two attached hydrogens (primary N) is 2. The number of rotatable bonds is 14. The highest BCUT2D eigenvalue weighted by Gasteiger charge is 2.37. The maximum absolute atomic E-state index is 12.9. The largest absolute Gasteiger partial charge is 0.542 e. The summed E-state index contributed by atoms with van der Waals surface area (Å²) in [6.45, 7) is 3.39. The van der Waals surface area contributed by atoms with Crippen LogP contribution in [-0.2, 0) is 67.8 Å². The molecule has 12 N–H and O–H groups in total. The van der Waals surface area contributed by atoms with Crippen LogP contribution in [0, 0.1) is 0 Å². The highest BCUT2D eigenvalue weighted by molar-refractivity contribution is 5.91. The SMILES string of the molecule is N[C@H](Cc1ccccc1)C(=O)N1CCC[C@H]1C(=O)NCc1ccccc1C[NH3+].N[C@H](Cc1ccccc1)C(=O)N1CCC[C@H]1C(=O)NCc1ccccc1C[NH3+].O=C([O-])C(F)(F)F.O=C([O-])C(F)(F)F. The minimum absolute atomic E-state index is 0.114. The molecule has 0 aliphatic carbocycles. The molecule has 0 bridgehead atoms. The molecule has 4 aromatic carbocycles. The molecule has 2 aliphatic heterocycles. The Hall–Kier alpha value is -6.88. The first-order valence-electron chi connectivity index (χ1n) is 22.1. The van der Waals surface area contributed by atoms with Crippen LogP contribution in [0.15, 0.2) is 109 Å². The van der Waals surface area contributed by atoms with E-state index in [1.807, 2.05) is 109 Å². The van der Waals surface area contributed by atoms with Gasteiger partial charge in [0.05, 0.1) is 12.1 Å². The van der Waals surface area contributed by atoms with Crippen LogP contribution in [-0.4, -0.2) is 95.0 Å². The average Bonchev–Trinajstić information content (AvgIpc) is 4.04. The standard InChI is InChI=1S/2C22H28N4O2.2C2HF3O2/c2*23-14-17-9-4-5-10-18(17)15-25-21(27)20-11-6-12-26(20)22(28)19(24)13-16-7-2-1-3-8-16;2*3-2(4,5)1(6)7/h2*1-5,7-10,19-20H,6,11-15,23-24H2,(H,25,27);2*(H,6,7)/t2*19-,20+;;/m11../s1. The molecule has 0 radical (unpaired) electrons. The Balaban J connectivity index is 0.000000291. The lowest BCUT2D eigenvalue weighted by Crippen LogP contribution is -2.51. The van der Waals surface area contributed by atoms with Crippen LogP contribution in [0.1, 0.15) is 59.1 Å². The Morgan fingerprint density at radius 1 is 0.543 bits per heavy atom. The van der Waals surface area contributed by atoms with Gasteiger partial charge in [-0.15, -0.1) is 0 Å². The number of hydrogen-bond acceptors (Lipinski definition) is 10. The van der Waals surface area contributed by atoms with Crippen molar-refractivity contribution in [2.75, 3.05) is 13.1 Å². The summed E-state index contributed by atoms with van der Waals surface area (Å²) in [7, 11) is 0. The van der Waals surface area contributed by atoms with Crippen LogP contribution in [0.4, 0.5) is 26.3 Å². The molecule has 4 atom stereocenters. The Kier molecular flexibility index (Phi) is 22.9. The maximum atomic E-state index is 12.9. The van der Waals surface area contributed by atoms with Gasteiger partial charge in [-0.05, 0) is 60.8 Å². The first kappa shape index (κ1) is 57.4. The molecule has 22 heteroatoms. The Morgan fingerprint density at radius 2 is 0.829 bits per heavy atom. The van der Waals surface area contributed by atoms with Gasteiger partial charge in [-0.25, -0.2) is 0 Å². The third kappa shape index (κ3) is 18.6. The summed E-state index contributed by atoms with van der Waals surface area (Å²) < 4.78 is 63.1. The summed E-state index contributed by atoms with van der Waals surface area (Å²) in [6, 6.07) is 33.1. The number of likely N-dealkylation sites (tertiary alicyclic amines) is 2. The Labute approximate surface area is 400 Å². The van der Waals surface area contributed by atoms with Crippen LogP contribution in [0.5, 0.6) is 0 Å². The topological polar surface area (TPSA) is 286 Å². The van der Waals surface area contributed by atoms with Crippen molar-refractivity contribution < 1.29 is 76.8 Å². The Morgan fingerprint density at radius 3 is 1.11 bits per heavy atom. The maximum Gasteiger partial charge on any atom is 0.430 e. The van der Waals surface area contributed by atoms with Gasteiger partial charge in [0.15, 0.2) is 0 Å². The number of nitrogens with one attached hydrogen (secondary N) is 2.